The van der Waals surface area contributed by atoms with E-state index in [-0.39, 0.29) is 12.5 Å². The molecular weight excluding hydrogens is 386 g/mol. The zero-order valence-corrected chi connectivity index (χ0v) is 16.4. The Bertz CT molecular complexity index is 999. The van der Waals surface area contributed by atoms with E-state index in [4.69, 9.17) is 4.74 Å². The SMILES string of the molecule is O=C(CN1C(=O)c2ccccc2C1=O)N1CCc2cnc(N3CCOCC3)nc2C1. The third kappa shape index (κ3) is 3.21. The van der Waals surface area contributed by atoms with Crippen LogP contribution in [-0.4, -0.2) is 76.9 Å². The van der Waals surface area contributed by atoms with Gasteiger partial charge in [-0.2, -0.15) is 0 Å². The number of anilines is 1. The van der Waals surface area contributed by atoms with Crippen molar-refractivity contribution in [3.05, 3.63) is 52.8 Å². The molecule has 0 radical (unpaired) electrons. The first kappa shape index (κ1) is 18.7. The molecule has 0 unspecified atom stereocenters. The van der Waals surface area contributed by atoms with Crippen molar-refractivity contribution in [3.8, 4) is 0 Å². The summed E-state index contributed by atoms with van der Waals surface area (Å²) in [5.74, 6) is -0.454. The van der Waals surface area contributed by atoms with E-state index in [1.54, 1.807) is 29.2 Å². The number of amides is 3. The molecule has 154 valence electrons. The molecule has 4 heterocycles. The standard InChI is InChI=1S/C21H21N5O4/c27-18(13-26-19(28)15-3-1-2-4-16(15)20(26)29)25-6-5-14-11-22-21(23-17(14)12-25)24-7-9-30-10-8-24/h1-4,11H,5-10,12-13H2. The van der Waals surface area contributed by atoms with Crippen molar-refractivity contribution in [2.45, 2.75) is 13.0 Å². The molecule has 2 aromatic rings. The molecule has 1 aromatic carbocycles. The normalized spacial score (nSPS) is 18.5. The van der Waals surface area contributed by atoms with E-state index in [0.29, 0.717) is 49.8 Å². The van der Waals surface area contributed by atoms with Crippen LogP contribution in [-0.2, 0) is 22.5 Å². The summed E-state index contributed by atoms with van der Waals surface area (Å²) in [6, 6.07) is 6.65. The van der Waals surface area contributed by atoms with Crippen LogP contribution in [0.4, 0.5) is 5.95 Å². The zero-order chi connectivity index (χ0) is 20.7. The van der Waals surface area contributed by atoms with Gasteiger partial charge in [-0.1, -0.05) is 12.1 Å². The number of imide groups is 1. The Morgan fingerprint density at radius 2 is 1.73 bits per heavy atom. The Morgan fingerprint density at radius 1 is 1.03 bits per heavy atom. The minimum atomic E-state index is -0.418. The number of carbonyl (C=O) groups is 3. The lowest BCUT2D eigenvalue weighted by Crippen LogP contribution is -2.45. The Balaban J connectivity index is 1.29. The van der Waals surface area contributed by atoms with Crippen LogP contribution >= 0.6 is 0 Å². The molecule has 1 aromatic heterocycles. The number of nitrogens with zero attached hydrogens (tertiary/aromatic N) is 5. The number of ether oxygens (including phenoxy) is 1. The maximum Gasteiger partial charge on any atom is 0.262 e. The van der Waals surface area contributed by atoms with Gasteiger partial charge in [-0.25, -0.2) is 9.97 Å². The first-order chi connectivity index (χ1) is 14.6. The number of fused-ring (bicyclic) bond motifs is 2. The second-order valence-corrected chi connectivity index (χ2v) is 7.55. The second-order valence-electron chi connectivity index (χ2n) is 7.55. The minimum absolute atomic E-state index is 0.261. The van der Waals surface area contributed by atoms with Gasteiger partial charge >= 0.3 is 0 Å². The summed E-state index contributed by atoms with van der Waals surface area (Å²) in [4.78, 5) is 51.9. The third-order valence-corrected chi connectivity index (χ3v) is 5.75. The smallest absolute Gasteiger partial charge is 0.262 e. The van der Waals surface area contributed by atoms with Gasteiger partial charge in [-0.15, -0.1) is 0 Å². The van der Waals surface area contributed by atoms with Gasteiger partial charge in [0.25, 0.3) is 11.8 Å². The first-order valence-corrected chi connectivity index (χ1v) is 10.0. The Kier molecular flexibility index (Phi) is 4.66. The first-order valence-electron chi connectivity index (χ1n) is 10.0. The molecule has 3 aliphatic rings. The topological polar surface area (TPSA) is 95.9 Å². The van der Waals surface area contributed by atoms with Crippen LogP contribution in [0, 0.1) is 0 Å². The number of hydrogen-bond acceptors (Lipinski definition) is 7. The number of aromatic nitrogens is 2. The summed E-state index contributed by atoms with van der Waals surface area (Å²) in [7, 11) is 0. The molecule has 30 heavy (non-hydrogen) atoms. The maximum atomic E-state index is 12.9. The number of morpholine rings is 1. The Hall–Kier alpha value is -3.33. The Labute approximate surface area is 173 Å². The molecule has 0 atom stereocenters. The predicted molar refractivity (Wildman–Crippen MR) is 106 cm³/mol. The van der Waals surface area contributed by atoms with E-state index in [2.05, 4.69) is 14.9 Å². The van der Waals surface area contributed by atoms with Gasteiger partial charge in [0.15, 0.2) is 0 Å². The van der Waals surface area contributed by atoms with Gasteiger partial charge in [-0.05, 0) is 24.1 Å². The van der Waals surface area contributed by atoms with Crippen molar-refractivity contribution in [2.75, 3.05) is 44.3 Å². The number of hydrogen-bond donors (Lipinski definition) is 0. The van der Waals surface area contributed by atoms with E-state index in [1.807, 2.05) is 6.20 Å². The van der Waals surface area contributed by atoms with Crippen LogP contribution in [0.1, 0.15) is 32.0 Å². The Morgan fingerprint density at radius 3 is 2.43 bits per heavy atom. The van der Waals surface area contributed by atoms with Crippen molar-refractivity contribution in [1.29, 1.82) is 0 Å². The van der Waals surface area contributed by atoms with Crippen LogP contribution in [0.2, 0.25) is 0 Å². The molecule has 5 rings (SSSR count). The summed E-state index contributed by atoms with van der Waals surface area (Å²) >= 11 is 0. The van der Waals surface area contributed by atoms with Gasteiger partial charge in [0.2, 0.25) is 11.9 Å². The van der Waals surface area contributed by atoms with Gasteiger partial charge in [0, 0.05) is 25.8 Å². The van der Waals surface area contributed by atoms with Crippen LogP contribution in [0.3, 0.4) is 0 Å². The quantitative estimate of drug-likeness (QED) is 0.684. The fourth-order valence-electron chi connectivity index (χ4n) is 4.04. The molecule has 3 amide bonds. The van der Waals surface area contributed by atoms with E-state index in [0.717, 1.165) is 29.2 Å². The van der Waals surface area contributed by atoms with Crippen molar-refractivity contribution < 1.29 is 19.1 Å². The van der Waals surface area contributed by atoms with Gasteiger partial charge < -0.3 is 14.5 Å². The molecule has 0 N–H and O–H groups in total. The zero-order valence-electron chi connectivity index (χ0n) is 16.4. The highest BCUT2D eigenvalue weighted by Crippen LogP contribution is 2.24. The highest BCUT2D eigenvalue weighted by atomic mass is 16.5. The fourth-order valence-corrected chi connectivity index (χ4v) is 4.04. The molecule has 3 aliphatic heterocycles. The average molecular weight is 407 g/mol. The van der Waals surface area contributed by atoms with E-state index in [9.17, 15) is 14.4 Å². The van der Waals surface area contributed by atoms with Crippen LogP contribution in [0.15, 0.2) is 30.5 Å². The number of benzene rings is 1. The van der Waals surface area contributed by atoms with Crippen LogP contribution in [0.25, 0.3) is 0 Å². The van der Waals surface area contributed by atoms with Crippen LogP contribution < -0.4 is 4.90 Å². The molecule has 9 nitrogen and oxygen atoms in total. The molecule has 1 fully saturated rings. The van der Waals surface area contributed by atoms with E-state index < -0.39 is 11.8 Å². The largest absolute Gasteiger partial charge is 0.378 e. The summed E-state index contributed by atoms with van der Waals surface area (Å²) in [5, 5.41) is 0. The molecule has 0 bridgehead atoms. The van der Waals surface area contributed by atoms with Crippen molar-refractivity contribution in [3.63, 3.8) is 0 Å². The van der Waals surface area contributed by atoms with Crippen molar-refractivity contribution >= 4 is 23.7 Å². The molecular formula is C21H21N5O4. The number of rotatable bonds is 3. The summed E-state index contributed by atoms with van der Waals surface area (Å²) in [6.07, 6.45) is 2.48. The summed E-state index contributed by atoms with van der Waals surface area (Å²) in [5.41, 5.74) is 2.54. The van der Waals surface area contributed by atoms with Gasteiger partial charge in [0.05, 0.1) is 36.6 Å². The van der Waals surface area contributed by atoms with Gasteiger partial charge in [0.1, 0.15) is 6.54 Å². The maximum absolute atomic E-state index is 12.9. The van der Waals surface area contributed by atoms with Crippen LogP contribution in [0.5, 0.6) is 0 Å². The van der Waals surface area contributed by atoms with Gasteiger partial charge in [-0.3, -0.25) is 19.3 Å². The third-order valence-electron chi connectivity index (χ3n) is 5.75. The lowest BCUT2D eigenvalue weighted by atomic mass is 10.1. The minimum Gasteiger partial charge on any atom is -0.378 e. The average Bonchev–Trinajstić information content (AvgIpc) is 3.04. The molecule has 9 heteroatoms. The highest BCUT2D eigenvalue weighted by Gasteiger charge is 2.37. The van der Waals surface area contributed by atoms with E-state index >= 15 is 0 Å². The predicted octanol–water partition coefficient (Wildman–Crippen LogP) is 0.494. The fraction of sp³-hybridized carbons (Fsp3) is 0.381. The molecule has 1 saturated heterocycles. The molecule has 0 spiro atoms. The molecule has 0 aliphatic carbocycles. The number of carbonyl (C=O) groups excluding carboxylic acids is 3. The summed E-state index contributed by atoms with van der Waals surface area (Å²) < 4.78 is 5.38. The molecule has 0 saturated carbocycles. The van der Waals surface area contributed by atoms with Crippen molar-refractivity contribution in [1.82, 2.24) is 19.8 Å². The van der Waals surface area contributed by atoms with E-state index in [1.165, 1.54) is 0 Å². The lowest BCUT2D eigenvalue weighted by molar-refractivity contribution is -0.132. The van der Waals surface area contributed by atoms with Crippen molar-refractivity contribution in [2.24, 2.45) is 0 Å². The monoisotopic (exact) mass is 407 g/mol. The second kappa shape index (κ2) is 7.49. The highest BCUT2D eigenvalue weighted by molar-refractivity contribution is 6.22. The summed E-state index contributed by atoms with van der Waals surface area (Å²) in [6.45, 7) is 3.36. The lowest BCUT2D eigenvalue weighted by Gasteiger charge is -2.31.